The Morgan fingerprint density at radius 2 is 2.00 bits per heavy atom. The van der Waals surface area contributed by atoms with Gasteiger partial charge in [-0.3, -0.25) is 0 Å². The second-order valence-corrected chi connectivity index (χ2v) is 5.64. The van der Waals surface area contributed by atoms with Crippen molar-refractivity contribution in [3.8, 4) is 0 Å². The fourth-order valence-electron chi connectivity index (χ4n) is 2.07. The van der Waals surface area contributed by atoms with Crippen molar-refractivity contribution in [1.82, 2.24) is 5.32 Å². The Bertz CT molecular complexity index is 682. The highest BCUT2D eigenvalue weighted by Gasteiger charge is 2.30. The molecule has 1 unspecified atom stereocenters. The number of hydrogen-bond acceptors (Lipinski definition) is 3. The first-order valence-corrected chi connectivity index (χ1v) is 7.13. The Morgan fingerprint density at radius 3 is 2.62 bits per heavy atom. The van der Waals surface area contributed by atoms with Gasteiger partial charge in [-0.2, -0.15) is 13.2 Å². The molecule has 2 amide bonds. The van der Waals surface area contributed by atoms with Crippen molar-refractivity contribution in [2.45, 2.75) is 25.1 Å². The average Bonchev–Trinajstić information content (AvgIpc) is 2.97. The molecule has 0 aliphatic heterocycles. The number of furan rings is 1. The molecule has 5 nitrogen and oxygen atoms in total. The molecule has 2 rings (SSSR count). The van der Waals surface area contributed by atoms with Crippen molar-refractivity contribution in [2.75, 3.05) is 11.9 Å². The molecule has 0 aliphatic carbocycles. The van der Waals surface area contributed by atoms with E-state index in [1.165, 1.54) is 25.3 Å². The van der Waals surface area contributed by atoms with Gasteiger partial charge >= 0.3 is 12.2 Å². The van der Waals surface area contributed by atoms with E-state index in [0.717, 1.165) is 12.1 Å². The summed E-state index contributed by atoms with van der Waals surface area (Å²) in [5.74, 6) is 0.556. The second kappa shape index (κ2) is 6.96. The molecular formula is C16H17F3N2O3. The maximum Gasteiger partial charge on any atom is 0.416 e. The van der Waals surface area contributed by atoms with Gasteiger partial charge in [0.2, 0.25) is 0 Å². The Kier molecular flexibility index (Phi) is 5.18. The molecule has 0 bridgehead atoms. The van der Waals surface area contributed by atoms with Gasteiger partial charge in [0.15, 0.2) is 0 Å². The number of hydrogen-bond donors (Lipinski definition) is 3. The van der Waals surface area contributed by atoms with E-state index < -0.39 is 23.4 Å². The number of alkyl halides is 3. The van der Waals surface area contributed by atoms with Crippen LogP contribution in [0.1, 0.15) is 18.2 Å². The summed E-state index contributed by atoms with van der Waals surface area (Å²) in [4.78, 5) is 11.8. The van der Waals surface area contributed by atoms with Gasteiger partial charge in [0.1, 0.15) is 5.76 Å². The molecule has 8 heteroatoms. The van der Waals surface area contributed by atoms with E-state index in [2.05, 4.69) is 10.6 Å². The van der Waals surface area contributed by atoms with Gasteiger partial charge < -0.3 is 20.2 Å². The minimum Gasteiger partial charge on any atom is -0.469 e. The molecule has 0 saturated carbocycles. The summed E-state index contributed by atoms with van der Waals surface area (Å²) in [7, 11) is 0. The predicted molar refractivity (Wildman–Crippen MR) is 81.5 cm³/mol. The Hall–Kier alpha value is -2.48. The first kappa shape index (κ1) is 17.9. The first-order valence-electron chi connectivity index (χ1n) is 7.13. The molecule has 0 radical (unpaired) electrons. The number of aliphatic hydroxyl groups is 1. The number of amides is 2. The van der Waals surface area contributed by atoms with Gasteiger partial charge in [0, 0.05) is 18.7 Å². The lowest BCUT2D eigenvalue weighted by Crippen LogP contribution is -2.43. The third kappa shape index (κ3) is 5.31. The van der Waals surface area contributed by atoms with E-state index in [-0.39, 0.29) is 18.7 Å². The van der Waals surface area contributed by atoms with Crippen molar-refractivity contribution in [2.24, 2.45) is 0 Å². The third-order valence-corrected chi connectivity index (χ3v) is 3.21. The molecule has 130 valence electrons. The number of benzene rings is 1. The molecule has 1 aromatic carbocycles. The number of urea groups is 1. The summed E-state index contributed by atoms with van der Waals surface area (Å²) in [5, 5.41) is 14.9. The van der Waals surface area contributed by atoms with E-state index in [0.29, 0.717) is 5.76 Å². The molecule has 1 heterocycles. The van der Waals surface area contributed by atoms with Crippen LogP contribution < -0.4 is 10.6 Å². The van der Waals surface area contributed by atoms with Crippen LogP contribution >= 0.6 is 0 Å². The topological polar surface area (TPSA) is 74.5 Å². The number of halogens is 3. The van der Waals surface area contributed by atoms with E-state index in [1.807, 2.05) is 0 Å². The Labute approximate surface area is 136 Å². The molecule has 24 heavy (non-hydrogen) atoms. The quantitative estimate of drug-likeness (QED) is 0.779. The van der Waals surface area contributed by atoms with Crippen LogP contribution in [0.15, 0.2) is 47.1 Å². The predicted octanol–water partition coefficient (Wildman–Crippen LogP) is 3.41. The maximum absolute atomic E-state index is 12.6. The normalized spacial score (nSPS) is 14.0. The van der Waals surface area contributed by atoms with E-state index in [1.54, 1.807) is 12.1 Å². The van der Waals surface area contributed by atoms with Crippen molar-refractivity contribution in [3.05, 3.63) is 54.0 Å². The van der Waals surface area contributed by atoms with Gasteiger partial charge in [0.05, 0.1) is 17.4 Å². The molecule has 0 aliphatic rings. The molecule has 3 N–H and O–H groups in total. The van der Waals surface area contributed by atoms with Crippen molar-refractivity contribution < 1.29 is 27.5 Å². The van der Waals surface area contributed by atoms with Crippen LogP contribution in [0.2, 0.25) is 0 Å². The summed E-state index contributed by atoms with van der Waals surface area (Å²) in [6, 6.07) is 6.95. The van der Waals surface area contributed by atoms with Crippen LogP contribution in [0.4, 0.5) is 23.7 Å². The number of rotatable bonds is 5. The van der Waals surface area contributed by atoms with E-state index in [4.69, 9.17) is 4.42 Å². The summed E-state index contributed by atoms with van der Waals surface area (Å²) in [5.41, 5.74) is -2.11. The highest BCUT2D eigenvalue weighted by molar-refractivity contribution is 5.89. The van der Waals surface area contributed by atoms with Gasteiger partial charge in [-0.05, 0) is 37.3 Å². The lowest BCUT2D eigenvalue weighted by atomic mass is 10.0. The minimum absolute atomic E-state index is 0.00741. The SMILES string of the molecule is CC(O)(CNC(=O)Nc1cccc(C(F)(F)F)c1)Cc1ccco1. The zero-order valence-electron chi connectivity index (χ0n) is 12.9. The lowest BCUT2D eigenvalue weighted by Gasteiger charge is -2.22. The van der Waals surface area contributed by atoms with Crippen molar-refractivity contribution >= 4 is 11.7 Å². The largest absolute Gasteiger partial charge is 0.469 e. The van der Waals surface area contributed by atoms with Crippen LogP contribution in [0.3, 0.4) is 0 Å². The molecule has 0 fully saturated rings. The highest BCUT2D eigenvalue weighted by Crippen LogP contribution is 2.30. The van der Waals surface area contributed by atoms with Crippen LogP contribution in [0, 0.1) is 0 Å². The number of nitrogens with one attached hydrogen (secondary N) is 2. The van der Waals surface area contributed by atoms with E-state index in [9.17, 15) is 23.1 Å². The van der Waals surface area contributed by atoms with E-state index >= 15 is 0 Å². The molecule has 0 saturated heterocycles. The molecule has 1 aromatic heterocycles. The van der Waals surface area contributed by atoms with Gasteiger partial charge in [-0.25, -0.2) is 4.79 Å². The fraction of sp³-hybridized carbons (Fsp3) is 0.312. The molecule has 0 spiro atoms. The number of carbonyl (C=O) groups is 1. The second-order valence-electron chi connectivity index (χ2n) is 5.64. The molecule has 1 atom stereocenters. The smallest absolute Gasteiger partial charge is 0.416 e. The summed E-state index contributed by atoms with van der Waals surface area (Å²) < 4.78 is 43.0. The zero-order valence-corrected chi connectivity index (χ0v) is 12.9. The number of anilines is 1. The zero-order chi connectivity index (χ0) is 17.8. The van der Waals surface area contributed by atoms with Crippen molar-refractivity contribution in [3.63, 3.8) is 0 Å². The maximum atomic E-state index is 12.6. The summed E-state index contributed by atoms with van der Waals surface area (Å²) in [6.07, 6.45) is -2.83. The molecule has 2 aromatic rings. The minimum atomic E-state index is -4.49. The van der Waals surface area contributed by atoms with Crippen LogP contribution in [-0.2, 0) is 12.6 Å². The fourth-order valence-corrected chi connectivity index (χ4v) is 2.07. The lowest BCUT2D eigenvalue weighted by molar-refractivity contribution is -0.137. The highest BCUT2D eigenvalue weighted by atomic mass is 19.4. The third-order valence-electron chi connectivity index (χ3n) is 3.21. The summed E-state index contributed by atoms with van der Waals surface area (Å²) in [6.45, 7) is 1.42. The average molecular weight is 342 g/mol. The summed E-state index contributed by atoms with van der Waals surface area (Å²) >= 11 is 0. The van der Waals surface area contributed by atoms with Crippen LogP contribution in [-0.4, -0.2) is 23.3 Å². The van der Waals surface area contributed by atoms with Gasteiger partial charge in [-0.1, -0.05) is 6.07 Å². The van der Waals surface area contributed by atoms with Gasteiger partial charge in [0.25, 0.3) is 0 Å². The monoisotopic (exact) mass is 342 g/mol. The van der Waals surface area contributed by atoms with Crippen molar-refractivity contribution in [1.29, 1.82) is 0 Å². The first-order chi connectivity index (χ1) is 11.2. The Balaban J connectivity index is 1.89. The standard InChI is InChI=1S/C16H17F3N2O3/c1-15(23,9-13-6-3-7-24-13)10-20-14(22)21-12-5-2-4-11(8-12)16(17,18)19/h2-8,23H,9-10H2,1H3,(H2,20,21,22). The Morgan fingerprint density at radius 1 is 1.25 bits per heavy atom. The van der Waals surface area contributed by atoms with Gasteiger partial charge in [-0.15, -0.1) is 0 Å². The number of carbonyl (C=O) groups excluding carboxylic acids is 1. The molecular weight excluding hydrogens is 325 g/mol. The van der Waals surface area contributed by atoms with Crippen LogP contribution in [0.5, 0.6) is 0 Å². The van der Waals surface area contributed by atoms with Crippen LogP contribution in [0.25, 0.3) is 0 Å².